The molecule has 0 amide bonds. The minimum Gasteiger partial charge on any atom is -0.316 e. The Labute approximate surface area is 88.1 Å². The highest BCUT2D eigenvalue weighted by Gasteiger charge is 2.15. The van der Waals surface area contributed by atoms with Gasteiger partial charge in [-0.15, -0.1) is 5.92 Å². The number of piperidine rings is 1. The molecule has 2 nitrogen and oxygen atoms in total. The van der Waals surface area contributed by atoms with Gasteiger partial charge in [-0.1, -0.05) is 12.8 Å². The summed E-state index contributed by atoms with van der Waals surface area (Å²) in [7, 11) is 0. The van der Waals surface area contributed by atoms with E-state index in [1.54, 1.807) is 0 Å². The quantitative estimate of drug-likeness (QED) is 0.679. The van der Waals surface area contributed by atoms with E-state index < -0.39 is 0 Å². The van der Waals surface area contributed by atoms with E-state index >= 15 is 0 Å². The van der Waals surface area contributed by atoms with E-state index in [1.807, 2.05) is 6.92 Å². The van der Waals surface area contributed by atoms with Crippen LogP contribution < -0.4 is 5.32 Å². The highest BCUT2D eigenvalue weighted by Crippen LogP contribution is 2.11. The van der Waals surface area contributed by atoms with Crippen LogP contribution in [0.1, 0.15) is 26.7 Å². The zero-order valence-corrected chi connectivity index (χ0v) is 9.47. The van der Waals surface area contributed by atoms with Crippen LogP contribution in [-0.2, 0) is 0 Å². The van der Waals surface area contributed by atoms with Crippen molar-refractivity contribution < 1.29 is 0 Å². The second-order valence-corrected chi connectivity index (χ2v) is 3.97. The van der Waals surface area contributed by atoms with Gasteiger partial charge >= 0.3 is 0 Å². The minimum atomic E-state index is 0.836. The summed E-state index contributed by atoms with van der Waals surface area (Å²) in [6, 6.07) is 0. The molecule has 0 radical (unpaired) electrons. The third-order valence-corrected chi connectivity index (χ3v) is 2.84. The normalized spacial score (nSPS) is 21.8. The molecule has 14 heavy (non-hydrogen) atoms. The summed E-state index contributed by atoms with van der Waals surface area (Å²) < 4.78 is 0. The van der Waals surface area contributed by atoms with Crippen LogP contribution in [0.3, 0.4) is 0 Å². The molecular formula is C12H22N2. The molecule has 1 unspecified atom stereocenters. The van der Waals surface area contributed by atoms with E-state index in [1.165, 1.54) is 32.5 Å². The van der Waals surface area contributed by atoms with E-state index in [9.17, 15) is 0 Å². The molecule has 1 saturated heterocycles. The molecule has 0 saturated carbocycles. The van der Waals surface area contributed by atoms with Gasteiger partial charge in [0, 0.05) is 6.54 Å². The molecule has 0 aliphatic carbocycles. The Kier molecular flexibility index (Phi) is 5.66. The minimum absolute atomic E-state index is 0.836. The predicted octanol–water partition coefficient (Wildman–Crippen LogP) is 1.33. The van der Waals surface area contributed by atoms with Gasteiger partial charge in [-0.25, -0.2) is 0 Å². The molecule has 80 valence electrons. The predicted molar refractivity (Wildman–Crippen MR) is 61.2 cm³/mol. The third-order valence-electron chi connectivity index (χ3n) is 2.84. The van der Waals surface area contributed by atoms with E-state index in [4.69, 9.17) is 0 Å². The first kappa shape index (κ1) is 11.6. The summed E-state index contributed by atoms with van der Waals surface area (Å²) in [5.41, 5.74) is 0. The van der Waals surface area contributed by atoms with Crippen LogP contribution in [0.4, 0.5) is 0 Å². The summed E-state index contributed by atoms with van der Waals surface area (Å²) in [4.78, 5) is 2.44. The fourth-order valence-electron chi connectivity index (χ4n) is 1.94. The lowest BCUT2D eigenvalue weighted by Gasteiger charge is -2.28. The first-order chi connectivity index (χ1) is 6.86. The van der Waals surface area contributed by atoms with Crippen molar-refractivity contribution in [3.05, 3.63) is 0 Å². The smallest absolute Gasteiger partial charge is 0.0601 e. The van der Waals surface area contributed by atoms with Crippen molar-refractivity contribution in [1.82, 2.24) is 10.2 Å². The molecule has 0 aromatic carbocycles. The standard InChI is InChI=1S/C12H22N2/c1-3-5-9-14(4-2)11-12-7-6-8-13-10-12/h12-13H,4,6-11H2,1-2H3. The van der Waals surface area contributed by atoms with Crippen LogP contribution in [0.25, 0.3) is 0 Å². The molecule has 1 aliphatic heterocycles. The van der Waals surface area contributed by atoms with Crippen molar-refractivity contribution in [1.29, 1.82) is 0 Å². The largest absolute Gasteiger partial charge is 0.316 e. The summed E-state index contributed by atoms with van der Waals surface area (Å²) in [6.07, 6.45) is 2.71. The molecule has 1 atom stereocenters. The molecule has 1 N–H and O–H groups in total. The van der Waals surface area contributed by atoms with Crippen molar-refractivity contribution in [3.63, 3.8) is 0 Å². The van der Waals surface area contributed by atoms with Crippen LogP contribution in [0, 0.1) is 17.8 Å². The van der Waals surface area contributed by atoms with Crippen LogP contribution in [0.5, 0.6) is 0 Å². The topological polar surface area (TPSA) is 15.3 Å². The molecule has 1 heterocycles. The van der Waals surface area contributed by atoms with Crippen LogP contribution in [0.2, 0.25) is 0 Å². The molecule has 1 aliphatic rings. The molecule has 0 spiro atoms. The van der Waals surface area contributed by atoms with Gasteiger partial charge in [0.25, 0.3) is 0 Å². The summed E-state index contributed by atoms with van der Waals surface area (Å²) in [5, 5.41) is 3.46. The molecule has 1 fully saturated rings. The van der Waals surface area contributed by atoms with Crippen molar-refractivity contribution in [3.8, 4) is 11.8 Å². The average molecular weight is 194 g/mol. The second kappa shape index (κ2) is 6.86. The molecule has 2 heteroatoms. The Morgan fingerprint density at radius 3 is 2.93 bits per heavy atom. The van der Waals surface area contributed by atoms with Gasteiger partial charge in [0.15, 0.2) is 0 Å². The molecule has 0 aromatic rings. The van der Waals surface area contributed by atoms with Gasteiger partial charge in [-0.2, -0.15) is 0 Å². The van der Waals surface area contributed by atoms with Crippen molar-refractivity contribution in [2.75, 3.05) is 32.7 Å². The van der Waals surface area contributed by atoms with Gasteiger partial charge in [-0.3, -0.25) is 4.90 Å². The summed E-state index contributed by atoms with van der Waals surface area (Å²) in [5.74, 6) is 6.94. The van der Waals surface area contributed by atoms with E-state index in [0.717, 1.165) is 19.0 Å². The maximum atomic E-state index is 3.46. The van der Waals surface area contributed by atoms with Crippen molar-refractivity contribution in [2.24, 2.45) is 5.92 Å². The maximum absolute atomic E-state index is 3.46. The Morgan fingerprint density at radius 1 is 1.50 bits per heavy atom. The van der Waals surface area contributed by atoms with Crippen LogP contribution in [0.15, 0.2) is 0 Å². The maximum Gasteiger partial charge on any atom is 0.0601 e. The molecule has 0 aromatic heterocycles. The van der Waals surface area contributed by atoms with Gasteiger partial charge in [0.05, 0.1) is 6.54 Å². The zero-order valence-electron chi connectivity index (χ0n) is 9.47. The monoisotopic (exact) mass is 194 g/mol. The third kappa shape index (κ3) is 4.13. The number of nitrogens with zero attached hydrogens (tertiary/aromatic N) is 1. The Hall–Kier alpha value is -0.520. The zero-order chi connectivity index (χ0) is 10.2. The van der Waals surface area contributed by atoms with E-state index in [2.05, 4.69) is 29.0 Å². The number of rotatable bonds is 4. The first-order valence-electron chi connectivity index (χ1n) is 5.69. The summed E-state index contributed by atoms with van der Waals surface area (Å²) in [6.45, 7) is 9.78. The number of hydrogen-bond donors (Lipinski definition) is 1. The van der Waals surface area contributed by atoms with Gasteiger partial charge in [-0.05, 0) is 45.3 Å². The van der Waals surface area contributed by atoms with Crippen molar-refractivity contribution >= 4 is 0 Å². The lowest BCUT2D eigenvalue weighted by molar-refractivity contribution is 0.236. The Bertz CT molecular complexity index is 196. The molecule has 1 rings (SSSR count). The Morgan fingerprint density at radius 2 is 2.36 bits per heavy atom. The van der Waals surface area contributed by atoms with Gasteiger partial charge in [0.1, 0.15) is 0 Å². The number of hydrogen-bond acceptors (Lipinski definition) is 2. The highest BCUT2D eigenvalue weighted by atomic mass is 15.1. The highest BCUT2D eigenvalue weighted by molar-refractivity contribution is 4.97. The fraction of sp³-hybridized carbons (Fsp3) is 0.833. The lowest BCUT2D eigenvalue weighted by atomic mass is 9.99. The van der Waals surface area contributed by atoms with Gasteiger partial charge < -0.3 is 5.32 Å². The Balaban J connectivity index is 2.25. The average Bonchev–Trinajstić information content (AvgIpc) is 2.25. The fourth-order valence-corrected chi connectivity index (χ4v) is 1.94. The second-order valence-electron chi connectivity index (χ2n) is 3.97. The first-order valence-corrected chi connectivity index (χ1v) is 5.69. The SMILES string of the molecule is CC#CCN(CC)CC1CCCNC1. The molecule has 0 bridgehead atoms. The molecular weight excluding hydrogens is 172 g/mol. The van der Waals surface area contributed by atoms with Gasteiger partial charge in [0.2, 0.25) is 0 Å². The van der Waals surface area contributed by atoms with Crippen LogP contribution in [-0.4, -0.2) is 37.6 Å². The number of nitrogens with one attached hydrogen (secondary N) is 1. The summed E-state index contributed by atoms with van der Waals surface area (Å²) >= 11 is 0. The lowest BCUT2D eigenvalue weighted by Crippen LogP contribution is -2.38. The van der Waals surface area contributed by atoms with E-state index in [0.29, 0.717) is 0 Å². The van der Waals surface area contributed by atoms with Crippen LogP contribution >= 0.6 is 0 Å². The van der Waals surface area contributed by atoms with Crippen molar-refractivity contribution in [2.45, 2.75) is 26.7 Å². The van der Waals surface area contributed by atoms with E-state index in [-0.39, 0.29) is 0 Å².